The molecule has 106 valence electrons. The van der Waals surface area contributed by atoms with E-state index in [1.54, 1.807) is 0 Å². The number of alkyl halides is 6. The maximum absolute atomic E-state index is 12.8. The van der Waals surface area contributed by atoms with Crippen LogP contribution in [-0.2, 0) is 8.85 Å². The summed E-state index contributed by atoms with van der Waals surface area (Å²) in [5.74, 6) is 0. The van der Waals surface area contributed by atoms with Crippen LogP contribution in [0.2, 0.25) is 6.55 Å². The zero-order valence-electron chi connectivity index (χ0n) is 9.65. The van der Waals surface area contributed by atoms with Gasteiger partial charge >= 0.3 is 20.9 Å². The highest BCUT2D eigenvalue weighted by atomic mass is 28.4. The van der Waals surface area contributed by atoms with Crippen LogP contribution in [0.5, 0.6) is 0 Å². The van der Waals surface area contributed by atoms with Crippen LogP contribution in [-0.4, -0.2) is 33.1 Å². The van der Waals surface area contributed by atoms with Crippen LogP contribution in [0, 0.1) is 0 Å². The Hall–Kier alpha value is -0.543. The summed E-state index contributed by atoms with van der Waals surface area (Å²) in [6.45, 7) is 2.62. The molecule has 0 radical (unpaired) electrons. The first-order valence-corrected chi connectivity index (χ1v) is 7.52. The lowest BCUT2D eigenvalue weighted by Gasteiger charge is -2.43. The molecule has 1 unspecified atom stereocenters. The summed E-state index contributed by atoms with van der Waals surface area (Å²) in [6, 6.07) is 0. The largest absolute Gasteiger partial charge is 0.425 e. The molecular weight excluding hydrogens is 282 g/mol. The Balaban J connectivity index is 3.21. The van der Waals surface area contributed by atoms with Crippen molar-refractivity contribution in [1.82, 2.24) is 0 Å². The summed E-state index contributed by atoms with van der Waals surface area (Å²) >= 11 is 0. The second kappa shape index (κ2) is 4.53. The molecule has 0 aromatic rings. The van der Waals surface area contributed by atoms with Gasteiger partial charge in [-0.2, -0.15) is 26.3 Å². The molecule has 1 atom stereocenters. The van der Waals surface area contributed by atoms with E-state index in [2.05, 4.69) is 4.43 Å². The number of rotatable bonds is 2. The molecule has 0 saturated heterocycles. The van der Waals surface area contributed by atoms with Crippen molar-refractivity contribution >= 4 is 8.56 Å². The van der Waals surface area contributed by atoms with E-state index in [0.717, 1.165) is 12.6 Å². The third-order valence-electron chi connectivity index (χ3n) is 2.55. The van der Waals surface area contributed by atoms with E-state index >= 15 is 0 Å². The summed E-state index contributed by atoms with van der Waals surface area (Å²) in [5, 5.41) is 0. The number of halogens is 6. The minimum Gasteiger partial charge on any atom is -0.392 e. The molecule has 0 fully saturated rings. The van der Waals surface area contributed by atoms with Crippen LogP contribution in [0.3, 0.4) is 0 Å². The highest BCUT2D eigenvalue weighted by molar-refractivity contribution is 6.71. The molecule has 18 heavy (non-hydrogen) atoms. The van der Waals surface area contributed by atoms with E-state index in [1.807, 2.05) is 0 Å². The van der Waals surface area contributed by atoms with Crippen molar-refractivity contribution in [2.75, 3.05) is 6.61 Å². The zero-order valence-corrected chi connectivity index (χ0v) is 10.7. The van der Waals surface area contributed by atoms with Gasteiger partial charge in [0, 0.05) is 13.0 Å². The second-order valence-electron chi connectivity index (χ2n) is 3.98. The summed E-state index contributed by atoms with van der Waals surface area (Å²) < 4.78 is 85.9. The molecule has 1 aliphatic rings. The third kappa shape index (κ3) is 2.57. The molecule has 0 amide bonds. The lowest BCUT2D eigenvalue weighted by molar-refractivity contribution is -0.362. The molecule has 0 N–H and O–H groups in total. The lowest BCUT2D eigenvalue weighted by Crippen LogP contribution is -2.65. The fraction of sp³-hybridized carbons (Fsp3) is 0.778. The molecule has 1 rings (SSSR count). The molecule has 2 nitrogen and oxygen atoms in total. The van der Waals surface area contributed by atoms with Gasteiger partial charge in [0.25, 0.3) is 5.60 Å². The van der Waals surface area contributed by atoms with Crippen molar-refractivity contribution in [2.24, 2.45) is 0 Å². The molecule has 0 saturated carbocycles. The predicted octanol–water partition coefficient (Wildman–Crippen LogP) is 3.47. The Morgan fingerprint density at radius 3 is 2.11 bits per heavy atom. The zero-order chi connectivity index (χ0) is 14.2. The van der Waals surface area contributed by atoms with Gasteiger partial charge in [0.2, 0.25) is 0 Å². The Morgan fingerprint density at radius 1 is 1.22 bits per heavy atom. The van der Waals surface area contributed by atoms with Gasteiger partial charge in [-0.3, -0.25) is 0 Å². The molecule has 0 spiro atoms. The summed E-state index contributed by atoms with van der Waals surface area (Å²) in [4.78, 5) is 0. The van der Waals surface area contributed by atoms with Crippen LogP contribution in [0.15, 0.2) is 11.8 Å². The molecule has 1 aliphatic heterocycles. The van der Waals surface area contributed by atoms with Gasteiger partial charge in [-0.05, 0) is 19.2 Å². The molecular formula is C9H12F6O2Si. The van der Waals surface area contributed by atoms with Crippen molar-refractivity contribution in [2.45, 2.75) is 37.8 Å². The van der Waals surface area contributed by atoms with Crippen LogP contribution >= 0.6 is 0 Å². The van der Waals surface area contributed by atoms with E-state index < -0.39 is 32.9 Å². The van der Waals surface area contributed by atoms with E-state index in [1.165, 1.54) is 12.6 Å². The van der Waals surface area contributed by atoms with E-state index in [0.29, 0.717) is 0 Å². The highest BCUT2D eigenvalue weighted by Gasteiger charge is 2.74. The smallest absolute Gasteiger partial charge is 0.392 e. The molecule has 1 heterocycles. The standard InChI is InChI=1S/C9H12F6O2Si/c1-3-16-18(2)6-4-5-7(17-18,8(10,11)12)9(13,14)15/h4,6H,3,5H2,1-2H3. The Morgan fingerprint density at radius 2 is 1.72 bits per heavy atom. The molecule has 0 bridgehead atoms. The van der Waals surface area contributed by atoms with Crippen molar-refractivity contribution in [3.63, 3.8) is 0 Å². The minimum absolute atomic E-state index is 0.0150. The predicted molar refractivity (Wildman–Crippen MR) is 52.9 cm³/mol. The third-order valence-corrected chi connectivity index (χ3v) is 5.01. The van der Waals surface area contributed by atoms with Gasteiger partial charge in [0.1, 0.15) is 0 Å². The highest BCUT2D eigenvalue weighted by Crippen LogP contribution is 2.51. The van der Waals surface area contributed by atoms with Crippen molar-refractivity contribution in [3.05, 3.63) is 11.8 Å². The molecule has 0 aromatic heterocycles. The maximum Gasteiger partial charge on any atom is 0.425 e. The Kier molecular flexibility index (Phi) is 3.91. The van der Waals surface area contributed by atoms with Gasteiger partial charge in [-0.15, -0.1) is 0 Å². The van der Waals surface area contributed by atoms with Gasteiger partial charge < -0.3 is 8.85 Å². The normalized spacial score (nSPS) is 28.4. The topological polar surface area (TPSA) is 18.5 Å². The molecule has 9 heteroatoms. The van der Waals surface area contributed by atoms with Gasteiger partial charge in [0.15, 0.2) is 0 Å². The van der Waals surface area contributed by atoms with E-state index in [9.17, 15) is 26.3 Å². The quantitative estimate of drug-likeness (QED) is 0.573. The monoisotopic (exact) mass is 294 g/mol. The SMILES string of the molecule is CCO[Si]1(C)C=CCC(C(F)(F)F)(C(F)(F)F)O1. The first-order valence-electron chi connectivity index (χ1n) is 5.13. The fourth-order valence-electron chi connectivity index (χ4n) is 1.73. The van der Waals surface area contributed by atoms with Gasteiger partial charge in [0.05, 0.1) is 0 Å². The first-order chi connectivity index (χ1) is 7.97. The second-order valence-corrected chi connectivity index (χ2v) is 6.84. The van der Waals surface area contributed by atoms with E-state index in [4.69, 9.17) is 4.43 Å². The van der Waals surface area contributed by atoms with Crippen LogP contribution in [0.4, 0.5) is 26.3 Å². The first kappa shape index (κ1) is 15.5. The Labute approximate surface area is 101 Å². The van der Waals surface area contributed by atoms with Crippen LogP contribution in [0.25, 0.3) is 0 Å². The van der Waals surface area contributed by atoms with E-state index in [-0.39, 0.29) is 6.61 Å². The maximum atomic E-state index is 12.8. The van der Waals surface area contributed by atoms with Gasteiger partial charge in [-0.25, -0.2) is 0 Å². The fourth-order valence-corrected chi connectivity index (χ4v) is 4.08. The number of hydrogen-bond donors (Lipinski definition) is 0. The van der Waals surface area contributed by atoms with Crippen molar-refractivity contribution in [3.8, 4) is 0 Å². The van der Waals surface area contributed by atoms with Crippen LogP contribution < -0.4 is 0 Å². The lowest BCUT2D eigenvalue weighted by atomic mass is 9.98. The van der Waals surface area contributed by atoms with Crippen LogP contribution in [0.1, 0.15) is 13.3 Å². The van der Waals surface area contributed by atoms with Crippen molar-refractivity contribution in [1.29, 1.82) is 0 Å². The summed E-state index contributed by atoms with van der Waals surface area (Å²) in [6.07, 6.45) is -11.5. The van der Waals surface area contributed by atoms with Gasteiger partial charge in [-0.1, -0.05) is 6.08 Å². The summed E-state index contributed by atoms with van der Waals surface area (Å²) in [7, 11) is -3.61. The molecule has 0 aromatic carbocycles. The average Bonchev–Trinajstić information content (AvgIpc) is 2.13. The molecule has 0 aliphatic carbocycles. The summed E-state index contributed by atoms with van der Waals surface area (Å²) in [5.41, 5.74) is -2.98. The van der Waals surface area contributed by atoms with Crippen molar-refractivity contribution < 1.29 is 35.2 Å². The Bertz CT molecular complexity index is 323. The average molecular weight is 294 g/mol. The minimum atomic E-state index is -5.54. The number of hydrogen-bond acceptors (Lipinski definition) is 2.